The van der Waals surface area contributed by atoms with Gasteiger partial charge in [-0.05, 0) is 86.3 Å². The van der Waals surface area contributed by atoms with Crippen molar-refractivity contribution in [2.75, 3.05) is 13.1 Å². The van der Waals surface area contributed by atoms with E-state index in [1.807, 2.05) is 4.90 Å². The second-order valence-corrected chi connectivity index (χ2v) is 11.0. The number of carboxylic acid groups (broad SMARTS) is 1. The molecule has 15 heteroatoms. The van der Waals surface area contributed by atoms with E-state index < -0.39 is 83.5 Å². The third-order valence-electron chi connectivity index (χ3n) is 8.21. The normalized spacial score (nSPS) is 21.4. The van der Waals surface area contributed by atoms with E-state index in [2.05, 4.69) is 0 Å². The Morgan fingerprint density at radius 3 is 1.93 bits per heavy atom. The van der Waals surface area contributed by atoms with Crippen LogP contribution in [0.2, 0.25) is 0 Å². The Labute approximate surface area is 246 Å². The number of ether oxygens (including phenoxy) is 1. The fourth-order valence-corrected chi connectivity index (χ4v) is 5.86. The van der Waals surface area contributed by atoms with Crippen molar-refractivity contribution >= 4 is 12.1 Å². The number of amides is 1. The molecule has 2 saturated heterocycles. The zero-order chi connectivity index (χ0) is 32.8. The standard InChI is InChI=1S/C29H29F9N2O4/c1-3-23(39-8-6-16(7-9-39)25(41)42)22-5-4-19(27(30,31)32)12-18(22)14-40-15(2)24(44-26(40)43)17-10-20(28(33,34)35)13-21(11-17)29(36,37)38/h4-5,10-13,15-16,23-24H,3,6-9,14H2,1-2H3,(H,41,42)/t15-,23?,24?/m0/s1. The molecule has 2 fully saturated rings. The highest BCUT2D eigenvalue weighted by molar-refractivity contribution is 5.71. The lowest BCUT2D eigenvalue weighted by atomic mass is 9.90. The number of hydrogen-bond acceptors (Lipinski definition) is 4. The second-order valence-electron chi connectivity index (χ2n) is 11.0. The zero-order valence-electron chi connectivity index (χ0n) is 23.5. The minimum Gasteiger partial charge on any atom is -0.481 e. The first kappa shape index (κ1) is 33.4. The Morgan fingerprint density at radius 2 is 1.45 bits per heavy atom. The quantitative estimate of drug-likeness (QED) is 0.310. The van der Waals surface area contributed by atoms with Gasteiger partial charge in [-0.1, -0.05) is 13.0 Å². The number of piperidine rings is 1. The molecule has 1 N–H and O–H groups in total. The number of halogens is 9. The predicted molar refractivity (Wildman–Crippen MR) is 137 cm³/mol. The van der Waals surface area contributed by atoms with Crippen LogP contribution in [0.15, 0.2) is 36.4 Å². The predicted octanol–water partition coefficient (Wildman–Crippen LogP) is 8.07. The highest BCUT2D eigenvalue weighted by Crippen LogP contribution is 2.42. The Kier molecular flexibility index (Phi) is 9.21. The summed E-state index contributed by atoms with van der Waals surface area (Å²) in [7, 11) is 0. The molecule has 0 aliphatic carbocycles. The van der Waals surface area contributed by atoms with E-state index in [-0.39, 0.29) is 11.6 Å². The van der Waals surface area contributed by atoms with Crippen LogP contribution >= 0.6 is 0 Å². The molecule has 2 unspecified atom stereocenters. The molecule has 2 heterocycles. The largest absolute Gasteiger partial charge is 0.481 e. The number of rotatable bonds is 7. The summed E-state index contributed by atoms with van der Waals surface area (Å²) in [6, 6.07) is 2.28. The molecule has 44 heavy (non-hydrogen) atoms. The number of carboxylic acids is 1. The SMILES string of the molecule is CCC(c1ccc(C(F)(F)F)cc1CN1C(=O)OC(c2cc(C(F)(F)F)cc(C(F)(F)F)c2)[C@@H]1C)N1CCC(C(=O)O)CC1. The molecule has 6 nitrogen and oxygen atoms in total. The van der Waals surface area contributed by atoms with Crippen molar-refractivity contribution in [2.45, 2.75) is 76.4 Å². The van der Waals surface area contributed by atoms with Gasteiger partial charge >= 0.3 is 30.6 Å². The summed E-state index contributed by atoms with van der Waals surface area (Å²) >= 11 is 0. The van der Waals surface area contributed by atoms with Crippen LogP contribution < -0.4 is 0 Å². The molecule has 0 spiro atoms. The number of carbonyl (C=O) groups is 2. The van der Waals surface area contributed by atoms with Gasteiger partial charge in [0.25, 0.3) is 0 Å². The minimum atomic E-state index is -5.14. The maximum Gasteiger partial charge on any atom is 0.416 e. The lowest BCUT2D eigenvalue weighted by Crippen LogP contribution is -2.39. The second kappa shape index (κ2) is 12.1. The first-order valence-electron chi connectivity index (χ1n) is 13.7. The van der Waals surface area contributed by atoms with Gasteiger partial charge in [0.2, 0.25) is 0 Å². The van der Waals surface area contributed by atoms with Crippen molar-refractivity contribution in [1.82, 2.24) is 9.80 Å². The lowest BCUT2D eigenvalue weighted by Gasteiger charge is -2.37. The van der Waals surface area contributed by atoms with Crippen molar-refractivity contribution < 1.29 is 58.9 Å². The lowest BCUT2D eigenvalue weighted by molar-refractivity contribution is -0.144. The van der Waals surface area contributed by atoms with Gasteiger partial charge in [0, 0.05) is 12.6 Å². The Bertz CT molecular complexity index is 1350. The zero-order valence-corrected chi connectivity index (χ0v) is 23.5. The Hall–Kier alpha value is -3.49. The van der Waals surface area contributed by atoms with Gasteiger partial charge in [-0.25, -0.2) is 4.79 Å². The van der Waals surface area contributed by atoms with Crippen LogP contribution in [0.5, 0.6) is 0 Å². The third kappa shape index (κ3) is 7.08. The van der Waals surface area contributed by atoms with E-state index in [4.69, 9.17) is 4.74 Å². The molecule has 2 aliphatic rings. The summed E-state index contributed by atoms with van der Waals surface area (Å²) < 4.78 is 127. The van der Waals surface area contributed by atoms with Crippen molar-refractivity contribution in [1.29, 1.82) is 0 Å². The van der Waals surface area contributed by atoms with E-state index >= 15 is 0 Å². The number of nitrogens with zero attached hydrogens (tertiary/aromatic N) is 2. The maximum atomic E-state index is 13.7. The topological polar surface area (TPSA) is 70.1 Å². The van der Waals surface area contributed by atoms with E-state index in [9.17, 15) is 54.2 Å². The molecule has 3 atom stereocenters. The molecule has 0 bridgehead atoms. The Morgan fingerprint density at radius 1 is 0.909 bits per heavy atom. The maximum absolute atomic E-state index is 13.7. The van der Waals surface area contributed by atoms with E-state index in [1.54, 1.807) is 6.92 Å². The molecule has 2 aliphatic heterocycles. The van der Waals surface area contributed by atoms with Crippen LogP contribution in [-0.4, -0.2) is 46.1 Å². The van der Waals surface area contributed by atoms with Crippen LogP contribution in [0.4, 0.5) is 44.3 Å². The first-order valence-corrected chi connectivity index (χ1v) is 13.7. The molecule has 4 rings (SSSR count). The molecule has 0 saturated carbocycles. The van der Waals surface area contributed by atoms with Gasteiger partial charge in [-0.15, -0.1) is 0 Å². The van der Waals surface area contributed by atoms with Gasteiger partial charge in [-0.3, -0.25) is 14.6 Å². The number of likely N-dealkylation sites (tertiary alicyclic amines) is 1. The van der Waals surface area contributed by atoms with E-state index in [0.29, 0.717) is 50.0 Å². The summed E-state index contributed by atoms with van der Waals surface area (Å²) in [5.74, 6) is -1.49. The first-order chi connectivity index (χ1) is 20.3. The molecular weight excluding hydrogens is 611 g/mol. The molecular formula is C29H29F9N2O4. The van der Waals surface area contributed by atoms with Crippen LogP contribution in [-0.2, 0) is 34.6 Å². The van der Waals surface area contributed by atoms with E-state index in [1.165, 1.54) is 13.0 Å². The van der Waals surface area contributed by atoms with Gasteiger partial charge in [0.15, 0.2) is 0 Å². The van der Waals surface area contributed by atoms with Crippen molar-refractivity contribution in [3.63, 3.8) is 0 Å². The average molecular weight is 641 g/mol. The number of carbonyl (C=O) groups excluding carboxylic acids is 1. The van der Waals surface area contributed by atoms with Crippen LogP contribution in [0.3, 0.4) is 0 Å². The number of hydrogen-bond donors (Lipinski definition) is 1. The van der Waals surface area contributed by atoms with E-state index in [0.717, 1.165) is 17.0 Å². The summed E-state index contributed by atoms with van der Waals surface area (Å²) in [5.41, 5.74) is -4.27. The van der Waals surface area contributed by atoms with Crippen molar-refractivity contribution in [3.05, 3.63) is 69.8 Å². The minimum absolute atomic E-state index is 0.0538. The summed E-state index contributed by atoms with van der Waals surface area (Å²) in [6.07, 6.45) is -16.6. The smallest absolute Gasteiger partial charge is 0.416 e. The van der Waals surface area contributed by atoms with Gasteiger partial charge in [0.05, 0.1) is 28.7 Å². The summed E-state index contributed by atoms with van der Waals surface area (Å²) in [5, 5.41) is 9.33. The molecule has 0 radical (unpaired) electrons. The molecule has 1 amide bonds. The number of aliphatic carboxylic acids is 1. The highest BCUT2D eigenvalue weighted by atomic mass is 19.4. The van der Waals surface area contributed by atoms with Gasteiger partial charge in [0.1, 0.15) is 6.10 Å². The summed E-state index contributed by atoms with van der Waals surface area (Å²) in [4.78, 5) is 27.2. The van der Waals surface area contributed by atoms with Crippen LogP contribution in [0, 0.1) is 5.92 Å². The van der Waals surface area contributed by atoms with Crippen LogP contribution in [0.1, 0.15) is 78.6 Å². The molecule has 0 aromatic heterocycles. The number of alkyl halides is 9. The molecule has 2 aromatic rings. The number of cyclic esters (lactones) is 1. The third-order valence-corrected chi connectivity index (χ3v) is 8.21. The molecule has 242 valence electrons. The highest BCUT2D eigenvalue weighted by Gasteiger charge is 2.44. The fourth-order valence-electron chi connectivity index (χ4n) is 5.86. The fraction of sp³-hybridized carbons (Fsp3) is 0.517. The summed E-state index contributed by atoms with van der Waals surface area (Å²) in [6.45, 7) is 3.37. The van der Waals surface area contributed by atoms with Crippen molar-refractivity contribution in [2.24, 2.45) is 5.92 Å². The van der Waals surface area contributed by atoms with Crippen LogP contribution in [0.25, 0.3) is 0 Å². The van der Waals surface area contributed by atoms with Crippen molar-refractivity contribution in [3.8, 4) is 0 Å². The van der Waals surface area contributed by atoms with Gasteiger partial charge in [-0.2, -0.15) is 39.5 Å². The Balaban J connectivity index is 1.69. The van der Waals surface area contributed by atoms with Gasteiger partial charge < -0.3 is 9.84 Å². The average Bonchev–Trinajstić information content (AvgIpc) is 3.21. The molecule has 2 aromatic carbocycles. The monoisotopic (exact) mass is 640 g/mol. The number of benzene rings is 2.